The number of nitrogen functional groups attached to an aromatic ring is 1. The molecular weight excluding hydrogens is 623 g/mol. The fourth-order valence-corrected chi connectivity index (χ4v) is 4.53. The molecule has 0 spiro atoms. The first kappa shape index (κ1) is 38.4. The van der Waals surface area contributed by atoms with Crippen molar-refractivity contribution in [2.24, 2.45) is 44.6 Å². The van der Waals surface area contributed by atoms with Crippen LogP contribution >= 0.6 is 0 Å². The van der Waals surface area contributed by atoms with Crippen molar-refractivity contribution < 1.29 is 23.6 Å². The molecule has 15 N–H and O–H groups in total. The number of benzene rings is 2. The molecule has 0 aromatic heterocycles. The fraction of sp³-hybridized carbons (Fsp3) is 0.387. The van der Waals surface area contributed by atoms with Crippen LogP contribution in [-0.2, 0) is 32.1 Å². The van der Waals surface area contributed by atoms with Gasteiger partial charge in [0, 0.05) is 37.6 Å². The zero-order valence-corrected chi connectivity index (χ0v) is 27.2. The molecule has 0 aliphatic heterocycles. The van der Waals surface area contributed by atoms with E-state index >= 15 is 0 Å². The Morgan fingerprint density at radius 3 is 2.06 bits per heavy atom. The number of nitrogens with two attached hydrogens (primary N) is 5. The van der Waals surface area contributed by atoms with Crippen molar-refractivity contribution >= 4 is 47.1 Å². The van der Waals surface area contributed by atoms with E-state index in [1.165, 1.54) is 19.1 Å². The number of carbonyl (C=O) groups excluding carboxylic acids is 4. The van der Waals surface area contributed by atoms with Crippen molar-refractivity contribution in [3.05, 3.63) is 65.0 Å². The molecule has 16 nitrogen and oxygen atoms in total. The van der Waals surface area contributed by atoms with Crippen LogP contribution in [-0.4, -0.2) is 66.1 Å². The molecule has 260 valence electrons. The van der Waals surface area contributed by atoms with Gasteiger partial charge in [0.2, 0.25) is 23.6 Å². The lowest BCUT2D eigenvalue weighted by Gasteiger charge is -2.27. The van der Waals surface area contributed by atoms with E-state index in [-0.39, 0.29) is 54.8 Å². The summed E-state index contributed by atoms with van der Waals surface area (Å²) in [4.78, 5) is 60.0. The summed E-state index contributed by atoms with van der Waals surface area (Å²) in [6.45, 7) is 4.69. The maximum absolute atomic E-state index is 14.7. The molecule has 0 radical (unpaired) electrons. The Bertz CT molecular complexity index is 1520. The molecule has 2 aromatic rings. The first-order valence-electron chi connectivity index (χ1n) is 15.1. The van der Waals surface area contributed by atoms with E-state index in [1.54, 1.807) is 38.1 Å². The van der Waals surface area contributed by atoms with Gasteiger partial charge in [0.1, 0.15) is 29.8 Å². The standard InChI is InChI=1S/C31H45FN12O4/c1-16(2)25(44-28(47)23(41-17(3)45)5-4-12-39-30(35)36)29(48)43-24(13-18-6-10-21(11-7-18)42-31(37)38)27(46)40-15-20-9-8-19(26(33)34)14-22(20)32/h6-11,14,16,23-25H,4-5,12-13,15H2,1-3H3,(H3,33,34)(H,40,46)(H,41,45)(H,43,48)(H,44,47)(H4,35,36,39)(H4,37,38,42). The summed E-state index contributed by atoms with van der Waals surface area (Å²) >= 11 is 0. The van der Waals surface area contributed by atoms with Crippen LogP contribution in [0.25, 0.3) is 0 Å². The van der Waals surface area contributed by atoms with Crippen LogP contribution in [0.5, 0.6) is 0 Å². The predicted octanol–water partition coefficient (Wildman–Crippen LogP) is -0.943. The molecule has 0 fully saturated rings. The molecule has 3 atom stereocenters. The normalized spacial score (nSPS) is 12.5. The minimum absolute atomic E-state index is 0.0174. The predicted molar refractivity (Wildman–Crippen MR) is 181 cm³/mol. The van der Waals surface area contributed by atoms with Crippen LogP contribution in [0.1, 0.15) is 50.3 Å². The van der Waals surface area contributed by atoms with E-state index < -0.39 is 53.5 Å². The lowest BCUT2D eigenvalue weighted by Crippen LogP contribution is -2.58. The largest absolute Gasteiger partial charge is 0.384 e. The van der Waals surface area contributed by atoms with Crippen LogP contribution in [0.4, 0.5) is 10.1 Å². The molecule has 0 aliphatic rings. The summed E-state index contributed by atoms with van der Waals surface area (Å²) in [7, 11) is 0. The van der Waals surface area contributed by atoms with Gasteiger partial charge in [0.15, 0.2) is 11.9 Å². The number of hydrogen-bond acceptors (Lipinski definition) is 7. The van der Waals surface area contributed by atoms with Gasteiger partial charge in [0.25, 0.3) is 0 Å². The van der Waals surface area contributed by atoms with Crippen LogP contribution in [0.2, 0.25) is 0 Å². The number of aliphatic imine (C=N–C) groups is 2. The topological polar surface area (TPSA) is 295 Å². The molecule has 2 aromatic carbocycles. The summed E-state index contributed by atoms with van der Waals surface area (Å²) in [5.74, 6) is -3.98. The van der Waals surface area contributed by atoms with Crippen molar-refractivity contribution in [3.63, 3.8) is 0 Å². The third-order valence-corrected chi connectivity index (χ3v) is 6.97. The third-order valence-electron chi connectivity index (χ3n) is 6.97. The van der Waals surface area contributed by atoms with Crippen LogP contribution in [0, 0.1) is 17.1 Å². The second-order valence-corrected chi connectivity index (χ2v) is 11.3. The van der Waals surface area contributed by atoms with Crippen molar-refractivity contribution in [1.82, 2.24) is 21.3 Å². The van der Waals surface area contributed by atoms with Gasteiger partial charge in [0.05, 0.1) is 5.69 Å². The lowest BCUT2D eigenvalue weighted by molar-refractivity contribution is -0.134. The summed E-state index contributed by atoms with van der Waals surface area (Å²) in [5.41, 5.74) is 28.4. The van der Waals surface area contributed by atoms with Gasteiger partial charge in [-0.2, -0.15) is 0 Å². The molecule has 2 rings (SSSR count). The van der Waals surface area contributed by atoms with Gasteiger partial charge in [-0.3, -0.25) is 29.6 Å². The van der Waals surface area contributed by atoms with E-state index in [4.69, 9.17) is 34.1 Å². The summed E-state index contributed by atoms with van der Waals surface area (Å²) in [5, 5.41) is 18.1. The van der Waals surface area contributed by atoms with Crippen molar-refractivity contribution in [1.29, 1.82) is 5.41 Å². The zero-order chi connectivity index (χ0) is 36.0. The van der Waals surface area contributed by atoms with Gasteiger partial charge in [-0.1, -0.05) is 38.1 Å². The number of halogens is 1. The van der Waals surface area contributed by atoms with Gasteiger partial charge in [-0.05, 0) is 42.5 Å². The Morgan fingerprint density at radius 2 is 1.52 bits per heavy atom. The lowest BCUT2D eigenvalue weighted by atomic mass is 10.00. The first-order chi connectivity index (χ1) is 22.6. The van der Waals surface area contributed by atoms with Crippen molar-refractivity contribution in [2.45, 2.75) is 64.7 Å². The van der Waals surface area contributed by atoms with Gasteiger partial charge < -0.3 is 49.9 Å². The van der Waals surface area contributed by atoms with Gasteiger partial charge in [-0.15, -0.1) is 0 Å². The van der Waals surface area contributed by atoms with E-state index in [9.17, 15) is 23.6 Å². The summed E-state index contributed by atoms with van der Waals surface area (Å²) in [6, 6.07) is 7.33. The summed E-state index contributed by atoms with van der Waals surface area (Å²) < 4.78 is 14.7. The van der Waals surface area contributed by atoms with E-state index in [1.807, 2.05) is 0 Å². The number of guanidine groups is 2. The second kappa shape index (κ2) is 18.4. The molecular formula is C31H45FN12O4. The Morgan fingerprint density at radius 1 is 0.854 bits per heavy atom. The highest BCUT2D eigenvalue weighted by molar-refractivity contribution is 5.95. The number of amidine groups is 1. The maximum atomic E-state index is 14.7. The maximum Gasteiger partial charge on any atom is 0.243 e. The number of amides is 4. The number of carbonyl (C=O) groups is 4. The van der Waals surface area contributed by atoms with E-state index in [0.717, 1.165) is 6.07 Å². The number of rotatable bonds is 17. The molecule has 0 saturated carbocycles. The molecule has 17 heteroatoms. The van der Waals surface area contributed by atoms with Gasteiger partial charge >= 0.3 is 0 Å². The summed E-state index contributed by atoms with van der Waals surface area (Å²) in [6.07, 6.45) is 0.583. The molecule has 0 saturated heterocycles. The number of nitrogens with zero attached hydrogens (tertiary/aromatic N) is 2. The molecule has 48 heavy (non-hydrogen) atoms. The zero-order valence-electron chi connectivity index (χ0n) is 27.2. The molecule has 0 bridgehead atoms. The fourth-order valence-electron chi connectivity index (χ4n) is 4.53. The third kappa shape index (κ3) is 12.9. The average Bonchev–Trinajstić information content (AvgIpc) is 3.00. The number of hydrogen-bond donors (Lipinski definition) is 10. The van der Waals surface area contributed by atoms with Crippen LogP contribution < -0.4 is 49.9 Å². The Kier molecular flexibility index (Phi) is 14.8. The van der Waals surface area contributed by atoms with E-state index in [0.29, 0.717) is 17.7 Å². The first-order valence-corrected chi connectivity index (χ1v) is 15.1. The Labute approximate surface area is 278 Å². The number of nitrogens with one attached hydrogen (secondary N) is 5. The highest BCUT2D eigenvalue weighted by Gasteiger charge is 2.31. The molecule has 4 amide bonds. The SMILES string of the molecule is CC(=O)NC(CCCN=C(N)N)C(=O)NC(C(=O)NC(Cc1ccc(N=C(N)N)cc1)C(=O)NCc1ccc(C(=N)N)cc1F)C(C)C. The molecule has 0 heterocycles. The Hall–Kier alpha value is -5.74. The monoisotopic (exact) mass is 668 g/mol. The Balaban J connectivity index is 2.28. The minimum atomic E-state index is -1.16. The van der Waals surface area contributed by atoms with Crippen LogP contribution in [0.15, 0.2) is 52.4 Å². The van der Waals surface area contributed by atoms with Crippen molar-refractivity contribution in [3.8, 4) is 0 Å². The average molecular weight is 669 g/mol. The smallest absolute Gasteiger partial charge is 0.243 e. The highest BCUT2D eigenvalue weighted by Crippen LogP contribution is 2.15. The van der Waals surface area contributed by atoms with Crippen LogP contribution in [0.3, 0.4) is 0 Å². The minimum Gasteiger partial charge on any atom is -0.384 e. The van der Waals surface area contributed by atoms with E-state index in [2.05, 4.69) is 31.3 Å². The van der Waals surface area contributed by atoms with Crippen molar-refractivity contribution in [2.75, 3.05) is 6.54 Å². The second-order valence-electron chi connectivity index (χ2n) is 11.3. The molecule has 0 aliphatic carbocycles. The molecule has 3 unspecified atom stereocenters. The highest BCUT2D eigenvalue weighted by atomic mass is 19.1. The quantitative estimate of drug-likeness (QED) is 0.0564. The van der Waals surface area contributed by atoms with Gasteiger partial charge in [-0.25, -0.2) is 9.38 Å².